The molecule has 0 saturated heterocycles. The lowest BCUT2D eigenvalue weighted by atomic mass is 10.00. The summed E-state index contributed by atoms with van der Waals surface area (Å²) in [5.41, 5.74) is 8.68. The van der Waals surface area contributed by atoms with Gasteiger partial charge in [0.15, 0.2) is 11.6 Å². The lowest BCUT2D eigenvalue weighted by Gasteiger charge is -2.13. The molecule has 2 aromatic carbocycles. The number of nitrogens with zero attached hydrogens (tertiary/aromatic N) is 1. The molecule has 0 saturated carbocycles. The molecule has 0 bridgehead atoms. The van der Waals surface area contributed by atoms with E-state index in [1.165, 1.54) is 6.07 Å². The summed E-state index contributed by atoms with van der Waals surface area (Å²) < 4.78 is 22.3. The molecular formula is C19H20ClFN2O. The van der Waals surface area contributed by atoms with Crippen LogP contribution in [0.1, 0.15) is 24.0 Å². The van der Waals surface area contributed by atoms with Crippen molar-refractivity contribution in [3.8, 4) is 5.75 Å². The molecule has 0 radical (unpaired) electrons. The predicted molar refractivity (Wildman–Crippen MR) is 96.1 cm³/mol. The van der Waals surface area contributed by atoms with Crippen LogP contribution < -0.4 is 10.5 Å². The molecule has 1 aromatic heterocycles. The van der Waals surface area contributed by atoms with Gasteiger partial charge in [-0.25, -0.2) is 4.39 Å². The van der Waals surface area contributed by atoms with Gasteiger partial charge in [-0.1, -0.05) is 30.7 Å². The number of benzene rings is 2. The summed E-state index contributed by atoms with van der Waals surface area (Å²) in [6.45, 7) is 2.80. The number of halogens is 2. The van der Waals surface area contributed by atoms with E-state index in [1.54, 1.807) is 18.2 Å². The molecule has 0 spiro atoms. The fourth-order valence-corrected chi connectivity index (χ4v) is 2.97. The van der Waals surface area contributed by atoms with E-state index in [0.717, 1.165) is 22.0 Å². The Hall–Kier alpha value is -2.04. The van der Waals surface area contributed by atoms with E-state index in [0.29, 0.717) is 11.6 Å². The van der Waals surface area contributed by atoms with Crippen molar-refractivity contribution in [3.05, 3.63) is 64.6 Å². The smallest absolute Gasteiger partial charge is 0.165 e. The summed E-state index contributed by atoms with van der Waals surface area (Å²) in [7, 11) is 1.94. The van der Waals surface area contributed by atoms with E-state index < -0.39 is 0 Å². The van der Waals surface area contributed by atoms with Crippen molar-refractivity contribution in [2.45, 2.75) is 19.4 Å². The van der Waals surface area contributed by atoms with E-state index in [9.17, 15) is 4.39 Å². The number of aryl methyl sites for hydroxylation is 1. The molecule has 5 heteroatoms. The van der Waals surface area contributed by atoms with Crippen molar-refractivity contribution in [2.75, 3.05) is 6.54 Å². The number of hydrogen-bond acceptors (Lipinski definition) is 2. The minimum atomic E-state index is -0.367. The minimum Gasteiger partial charge on any atom is -0.485 e. The number of ether oxygens (including phenoxy) is 1. The average molecular weight is 347 g/mol. The first-order chi connectivity index (χ1) is 11.5. The zero-order valence-electron chi connectivity index (χ0n) is 13.7. The molecule has 0 aliphatic carbocycles. The van der Waals surface area contributed by atoms with Crippen LogP contribution in [-0.2, 0) is 13.7 Å². The van der Waals surface area contributed by atoms with Crippen LogP contribution in [0, 0.1) is 5.82 Å². The molecule has 1 atom stereocenters. The first-order valence-corrected chi connectivity index (χ1v) is 8.23. The lowest BCUT2D eigenvalue weighted by Crippen LogP contribution is -2.09. The molecule has 126 valence electrons. The molecule has 0 aliphatic rings. The highest BCUT2D eigenvalue weighted by Crippen LogP contribution is 2.36. The van der Waals surface area contributed by atoms with E-state index in [1.807, 2.05) is 36.9 Å². The van der Waals surface area contributed by atoms with Crippen LogP contribution >= 0.6 is 11.6 Å². The second-order valence-electron chi connectivity index (χ2n) is 6.02. The maximum Gasteiger partial charge on any atom is 0.165 e. The average Bonchev–Trinajstić information content (AvgIpc) is 2.92. The molecule has 3 rings (SSSR count). The highest BCUT2D eigenvalue weighted by Gasteiger charge is 2.19. The Kier molecular flexibility index (Phi) is 4.78. The maximum atomic E-state index is 14.5. The van der Waals surface area contributed by atoms with Crippen LogP contribution in [-0.4, -0.2) is 11.1 Å². The number of rotatable bonds is 5. The van der Waals surface area contributed by atoms with Crippen LogP contribution in [0.4, 0.5) is 4.39 Å². The molecule has 24 heavy (non-hydrogen) atoms. The Morgan fingerprint density at radius 3 is 2.58 bits per heavy atom. The van der Waals surface area contributed by atoms with Crippen LogP contribution in [0.5, 0.6) is 5.75 Å². The molecule has 0 amide bonds. The van der Waals surface area contributed by atoms with Gasteiger partial charge in [0.2, 0.25) is 0 Å². The van der Waals surface area contributed by atoms with Crippen molar-refractivity contribution in [1.82, 2.24) is 4.57 Å². The largest absolute Gasteiger partial charge is 0.485 e. The summed E-state index contributed by atoms with van der Waals surface area (Å²) in [4.78, 5) is 0. The van der Waals surface area contributed by atoms with Gasteiger partial charge in [0.1, 0.15) is 6.61 Å². The highest BCUT2D eigenvalue weighted by atomic mass is 35.5. The Morgan fingerprint density at radius 2 is 1.92 bits per heavy atom. The van der Waals surface area contributed by atoms with Gasteiger partial charge < -0.3 is 15.0 Å². The van der Waals surface area contributed by atoms with Crippen molar-refractivity contribution < 1.29 is 9.13 Å². The van der Waals surface area contributed by atoms with Gasteiger partial charge in [-0.3, -0.25) is 0 Å². The van der Waals surface area contributed by atoms with Crippen molar-refractivity contribution >= 4 is 22.5 Å². The summed E-state index contributed by atoms with van der Waals surface area (Å²) in [6.07, 6.45) is 2.00. The summed E-state index contributed by atoms with van der Waals surface area (Å²) in [5.74, 6) is 0.0277. The summed E-state index contributed by atoms with van der Waals surface area (Å²) in [5, 5.41) is 1.46. The topological polar surface area (TPSA) is 40.2 Å². The normalized spacial score (nSPS) is 12.5. The van der Waals surface area contributed by atoms with Crippen LogP contribution in [0.15, 0.2) is 42.6 Å². The van der Waals surface area contributed by atoms with Crippen LogP contribution in [0.25, 0.3) is 10.9 Å². The lowest BCUT2D eigenvalue weighted by molar-refractivity contribution is 0.294. The zero-order chi connectivity index (χ0) is 17.3. The van der Waals surface area contributed by atoms with E-state index >= 15 is 0 Å². The first kappa shape index (κ1) is 16.8. The molecular weight excluding hydrogens is 327 g/mol. The molecule has 1 heterocycles. The van der Waals surface area contributed by atoms with Gasteiger partial charge in [-0.15, -0.1) is 0 Å². The zero-order valence-corrected chi connectivity index (χ0v) is 14.5. The van der Waals surface area contributed by atoms with Gasteiger partial charge in [-0.2, -0.15) is 0 Å². The molecule has 2 N–H and O–H groups in total. The summed E-state index contributed by atoms with van der Waals surface area (Å²) in [6, 6.07) is 10.5. The van der Waals surface area contributed by atoms with Gasteiger partial charge in [0, 0.05) is 23.7 Å². The SMILES string of the molecule is CC(CN)c1cn(C)c2ccc(F)c(OCc3ccc(Cl)cc3)c12. The number of nitrogens with two attached hydrogens (primary N) is 1. The number of hydrogen-bond donors (Lipinski definition) is 1. The quantitative estimate of drug-likeness (QED) is 0.732. The Balaban J connectivity index is 2.02. The fraction of sp³-hybridized carbons (Fsp3) is 0.263. The number of fused-ring (bicyclic) bond motifs is 1. The first-order valence-electron chi connectivity index (χ1n) is 7.86. The Bertz CT molecular complexity index is 858. The number of aromatic nitrogens is 1. The fourth-order valence-electron chi connectivity index (χ4n) is 2.84. The van der Waals surface area contributed by atoms with E-state index in [4.69, 9.17) is 22.1 Å². The minimum absolute atomic E-state index is 0.119. The van der Waals surface area contributed by atoms with Gasteiger partial charge in [-0.05, 0) is 47.9 Å². The van der Waals surface area contributed by atoms with Crippen LogP contribution in [0.3, 0.4) is 0 Å². The Morgan fingerprint density at radius 1 is 1.21 bits per heavy atom. The van der Waals surface area contributed by atoms with Gasteiger partial charge in [0.05, 0.1) is 5.52 Å². The second kappa shape index (κ2) is 6.83. The van der Waals surface area contributed by atoms with Crippen molar-refractivity contribution in [2.24, 2.45) is 12.8 Å². The third-order valence-electron chi connectivity index (χ3n) is 4.27. The monoisotopic (exact) mass is 346 g/mol. The Labute approximate surface area is 145 Å². The third-order valence-corrected chi connectivity index (χ3v) is 4.52. The van der Waals surface area contributed by atoms with Gasteiger partial charge >= 0.3 is 0 Å². The maximum absolute atomic E-state index is 14.5. The molecule has 1 unspecified atom stereocenters. The standard InChI is InChI=1S/C19H20ClFN2O/c1-12(9-22)15-10-23(2)17-8-7-16(21)19(18(15)17)24-11-13-3-5-14(20)6-4-13/h3-8,10,12H,9,11,22H2,1-2H3. The third kappa shape index (κ3) is 3.12. The van der Waals surface area contributed by atoms with Crippen molar-refractivity contribution in [1.29, 1.82) is 0 Å². The predicted octanol–water partition coefficient (Wildman–Crippen LogP) is 4.61. The molecule has 0 fully saturated rings. The molecule has 3 aromatic rings. The van der Waals surface area contributed by atoms with E-state index in [-0.39, 0.29) is 24.1 Å². The van der Waals surface area contributed by atoms with Gasteiger partial charge in [0.25, 0.3) is 0 Å². The van der Waals surface area contributed by atoms with E-state index in [2.05, 4.69) is 0 Å². The molecule has 0 aliphatic heterocycles. The van der Waals surface area contributed by atoms with Crippen LogP contribution in [0.2, 0.25) is 5.02 Å². The molecule has 3 nitrogen and oxygen atoms in total. The summed E-state index contributed by atoms with van der Waals surface area (Å²) >= 11 is 5.89. The highest BCUT2D eigenvalue weighted by molar-refractivity contribution is 6.30. The van der Waals surface area contributed by atoms with Crippen molar-refractivity contribution in [3.63, 3.8) is 0 Å². The second-order valence-corrected chi connectivity index (χ2v) is 6.45.